The van der Waals surface area contributed by atoms with E-state index in [1.807, 2.05) is 32.9 Å². The highest BCUT2D eigenvalue weighted by atomic mass is 79.9. The third-order valence-corrected chi connectivity index (χ3v) is 4.48. The molecule has 1 heterocycles. The lowest BCUT2D eigenvalue weighted by molar-refractivity contribution is -0.113. The number of anilines is 1. The lowest BCUT2D eigenvalue weighted by Gasteiger charge is -2.17. The molecule has 1 fully saturated rings. The van der Waals surface area contributed by atoms with Crippen LogP contribution in [-0.4, -0.2) is 24.6 Å². The Morgan fingerprint density at radius 2 is 1.89 bits per heavy atom. The summed E-state index contributed by atoms with van der Waals surface area (Å²) in [5, 5.41) is 2.63. The number of nitrogens with one attached hydrogen (secondary N) is 1. The summed E-state index contributed by atoms with van der Waals surface area (Å²) in [5.41, 5.74) is 1.41. The Bertz CT molecular complexity index is 926. The average Bonchev–Trinajstić information content (AvgIpc) is 2.92. The van der Waals surface area contributed by atoms with Crippen molar-refractivity contribution in [3.05, 3.63) is 58.2 Å². The van der Waals surface area contributed by atoms with Crippen molar-refractivity contribution in [2.24, 2.45) is 0 Å². The first-order valence-corrected chi connectivity index (χ1v) is 9.75. The first kappa shape index (κ1) is 19.9. The second kappa shape index (κ2) is 8.48. The zero-order chi connectivity index (χ0) is 20.3. The summed E-state index contributed by atoms with van der Waals surface area (Å²) in [6.07, 6.45) is 1.60. The summed E-state index contributed by atoms with van der Waals surface area (Å²) >= 11 is 3.50. The van der Waals surface area contributed by atoms with Crippen molar-refractivity contribution >= 4 is 39.6 Å². The number of para-hydroxylation sites is 1. The molecule has 28 heavy (non-hydrogen) atoms. The SMILES string of the molecule is CCOc1cc(/C=C2\NC(=O)N(c3ccccc3)C2=O)cc(Br)c1OC(C)C. The van der Waals surface area contributed by atoms with Crippen LogP contribution in [0.2, 0.25) is 0 Å². The fourth-order valence-electron chi connectivity index (χ4n) is 2.80. The van der Waals surface area contributed by atoms with Gasteiger partial charge in [0, 0.05) is 0 Å². The Morgan fingerprint density at radius 3 is 2.54 bits per heavy atom. The van der Waals surface area contributed by atoms with Crippen molar-refractivity contribution < 1.29 is 19.1 Å². The monoisotopic (exact) mass is 444 g/mol. The lowest BCUT2D eigenvalue weighted by Crippen LogP contribution is -2.30. The van der Waals surface area contributed by atoms with Crippen LogP contribution in [0.4, 0.5) is 10.5 Å². The van der Waals surface area contributed by atoms with Gasteiger partial charge >= 0.3 is 6.03 Å². The predicted molar refractivity (Wildman–Crippen MR) is 112 cm³/mol. The van der Waals surface area contributed by atoms with E-state index in [2.05, 4.69) is 21.2 Å². The summed E-state index contributed by atoms with van der Waals surface area (Å²) < 4.78 is 12.2. The molecule has 6 nitrogen and oxygen atoms in total. The smallest absolute Gasteiger partial charge is 0.333 e. The number of ether oxygens (including phenoxy) is 2. The molecular weight excluding hydrogens is 424 g/mol. The minimum absolute atomic E-state index is 0.0187. The highest BCUT2D eigenvalue weighted by Crippen LogP contribution is 2.38. The average molecular weight is 445 g/mol. The van der Waals surface area contributed by atoms with E-state index < -0.39 is 11.9 Å². The number of carbonyl (C=O) groups excluding carboxylic acids is 2. The van der Waals surface area contributed by atoms with Gasteiger partial charge in [0.15, 0.2) is 11.5 Å². The summed E-state index contributed by atoms with van der Waals surface area (Å²) in [5.74, 6) is 0.758. The Labute approximate surface area is 172 Å². The molecule has 7 heteroatoms. The van der Waals surface area contributed by atoms with Crippen LogP contribution in [-0.2, 0) is 4.79 Å². The highest BCUT2D eigenvalue weighted by Gasteiger charge is 2.34. The summed E-state index contributed by atoms with van der Waals surface area (Å²) in [6.45, 7) is 6.22. The van der Waals surface area contributed by atoms with E-state index in [4.69, 9.17) is 9.47 Å². The number of benzene rings is 2. The number of hydrogen-bond donors (Lipinski definition) is 1. The number of rotatable bonds is 6. The van der Waals surface area contributed by atoms with Crippen LogP contribution in [0.5, 0.6) is 11.5 Å². The van der Waals surface area contributed by atoms with E-state index in [1.54, 1.807) is 36.4 Å². The van der Waals surface area contributed by atoms with Gasteiger partial charge in [0.2, 0.25) is 0 Å². The fraction of sp³-hybridized carbons (Fsp3) is 0.238. The number of nitrogens with zero attached hydrogens (tertiary/aromatic N) is 1. The fourth-order valence-corrected chi connectivity index (χ4v) is 3.35. The molecule has 0 unspecified atom stereocenters. The van der Waals surface area contributed by atoms with Crippen LogP contribution in [0.3, 0.4) is 0 Å². The van der Waals surface area contributed by atoms with Crippen molar-refractivity contribution in [3.63, 3.8) is 0 Å². The maximum absolute atomic E-state index is 12.7. The van der Waals surface area contributed by atoms with Crippen molar-refractivity contribution in [1.29, 1.82) is 0 Å². The summed E-state index contributed by atoms with van der Waals surface area (Å²) in [4.78, 5) is 26.1. The molecule has 2 aromatic carbocycles. The van der Waals surface area contributed by atoms with Crippen molar-refractivity contribution in [3.8, 4) is 11.5 Å². The van der Waals surface area contributed by atoms with Gasteiger partial charge in [-0.25, -0.2) is 9.69 Å². The Morgan fingerprint density at radius 1 is 1.18 bits per heavy atom. The number of imide groups is 1. The van der Waals surface area contributed by atoms with Crippen LogP contribution in [0.25, 0.3) is 6.08 Å². The molecule has 2 aromatic rings. The van der Waals surface area contributed by atoms with Crippen LogP contribution in [0.15, 0.2) is 52.6 Å². The molecule has 0 radical (unpaired) electrons. The zero-order valence-electron chi connectivity index (χ0n) is 15.9. The first-order valence-electron chi connectivity index (χ1n) is 8.96. The molecule has 1 aliphatic rings. The molecule has 3 rings (SSSR count). The van der Waals surface area contributed by atoms with Gasteiger partial charge in [-0.1, -0.05) is 18.2 Å². The van der Waals surface area contributed by atoms with Crippen molar-refractivity contribution in [1.82, 2.24) is 5.32 Å². The van der Waals surface area contributed by atoms with Gasteiger partial charge in [-0.15, -0.1) is 0 Å². The molecular formula is C21H21BrN2O4. The normalized spacial score (nSPS) is 15.3. The van der Waals surface area contributed by atoms with Gasteiger partial charge in [0.25, 0.3) is 5.91 Å². The summed E-state index contributed by atoms with van der Waals surface area (Å²) in [6, 6.07) is 11.9. The van der Waals surface area contributed by atoms with Crippen LogP contribution >= 0.6 is 15.9 Å². The number of hydrogen-bond acceptors (Lipinski definition) is 4. The molecule has 0 spiro atoms. The van der Waals surface area contributed by atoms with Gasteiger partial charge in [-0.05, 0) is 72.6 Å². The maximum atomic E-state index is 12.7. The van der Waals surface area contributed by atoms with E-state index in [-0.39, 0.29) is 11.8 Å². The van der Waals surface area contributed by atoms with Crippen LogP contribution < -0.4 is 19.7 Å². The van der Waals surface area contributed by atoms with Crippen LogP contribution in [0, 0.1) is 0 Å². The third-order valence-electron chi connectivity index (χ3n) is 3.89. The number of carbonyl (C=O) groups is 2. The Balaban J connectivity index is 1.95. The molecule has 0 saturated carbocycles. The molecule has 146 valence electrons. The van der Waals surface area contributed by atoms with Crippen molar-refractivity contribution in [2.45, 2.75) is 26.9 Å². The standard InChI is InChI=1S/C21H21BrN2O4/c1-4-27-18-12-14(10-16(22)19(18)28-13(2)3)11-17-20(25)24(21(26)23-17)15-8-6-5-7-9-15/h5-13H,4H2,1-3H3,(H,23,26)/b17-11-. The molecule has 0 aromatic heterocycles. The van der Waals surface area contributed by atoms with Gasteiger partial charge in [-0.3, -0.25) is 4.79 Å². The minimum Gasteiger partial charge on any atom is -0.490 e. The topological polar surface area (TPSA) is 67.9 Å². The van der Waals surface area contributed by atoms with E-state index in [0.717, 1.165) is 4.90 Å². The third kappa shape index (κ3) is 4.20. The van der Waals surface area contributed by atoms with E-state index in [0.29, 0.717) is 33.8 Å². The summed E-state index contributed by atoms with van der Waals surface area (Å²) in [7, 11) is 0. The van der Waals surface area contributed by atoms with Gasteiger partial charge in [-0.2, -0.15) is 0 Å². The van der Waals surface area contributed by atoms with Crippen LogP contribution in [0.1, 0.15) is 26.3 Å². The molecule has 1 saturated heterocycles. The molecule has 0 bridgehead atoms. The highest BCUT2D eigenvalue weighted by molar-refractivity contribution is 9.10. The van der Waals surface area contributed by atoms with Crippen molar-refractivity contribution in [2.75, 3.05) is 11.5 Å². The number of amides is 3. The second-order valence-corrected chi connectivity index (χ2v) is 7.25. The molecule has 0 aliphatic carbocycles. The largest absolute Gasteiger partial charge is 0.490 e. The molecule has 1 aliphatic heterocycles. The number of halogens is 1. The maximum Gasteiger partial charge on any atom is 0.333 e. The van der Waals surface area contributed by atoms with E-state index in [1.165, 1.54) is 0 Å². The predicted octanol–water partition coefficient (Wildman–Crippen LogP) is 4.73. The molecule has 3 amide bonds. The number of urea groups is 1. The molecule has 1 N–H and O–H groups in total. The zero-order valence-corrected chi connectivity index (χ0v) is 17.4. The van der Waals surface area contributed by atoms with E-state index in [9.17, 15) is 9.59 Å². The Hall–Kier alpha value is -2.80. The minimum atomic E-state index is -0.480. The van der Waals surface area contributed by atoms with Gasteiger partial charge in [0.05, 0.1) is 22.9 Å². The molecule has 0 atom stereocenters. The quantitative estimate of drug-likeness (QED) is 0.516. The Kier molecular flexibility index (Phi) is 6.04. The lowest BCUT2D eigenvalue weighted by atomic mass is 10.1. The van der Waals surface area contributed by atoms with E-state index >= 15 is 0 Å². The van der Waals surface area contributed by atoms with Gasteiger partial charge in [0.1, 0.15) is 5.70 Å². The van der Waals surface area contributed by atoms with Gasteiger partial charge < -0.3 is 14.8 Å². The second-order valence-electron chi connectivity index (χ2n) is 6.39. The first-order chi connectivity index (χ1) is 13.4.